The van der Waals surface area contributed by atoms with Crippen LogP contribution in [0.1, 0.15) is 16.7 Å². The maximum absolute atomic E-state index is 10.6. The zero-order chi connectivity index (χ0) is 10.7. The maximum Gasteiger partial charge on any atom is 0.307 e. The number of hydrogen-bond donors (Lipinski definition) is 2. The van der Waals surface area contributed by atoms with E-state index in [2.05, 4.69) is 12.6 Å². The molecule has 0 unspecified atom stereocenters. The SMILES string of the molecule is Cc1ccc(C#N)c(CC(=O)O)c1S. The fraction of sp³-hybridized carbons (Fsp3) is 0.200. The quantitative estimate of drug-likeness (QED) is 0.727. The monoisotopic (exact) mass is 207 g/mol. The average Bonchev–Trinajstić information content (AvgIpc) is 2.13. The van der Waals surface area contributed by atoms with Gasteiger partial charge in [-0.25, -0.2) is 0 Å². The highest BCUT2D eigenvalue weighted by Gasteiger charge is 2.11. The molecule has 14 heavy (non-hydrogen) atoms. The van der Waals surface area contributed by atoms with Gasteiger partial charge < -0.3 is 5.11 Å². The summed E-state index contributed by atoms with van der Waals surface area (Å²) in [4.78, 5) is 11.1. The molecule has 1 N–H and O–H groups in total. The van der Waals surface area contributed by atoms with Crippen molar-refractivity contribution in [2.75, 3.05) is 0 Å². The Labute approximate surface area is 87.4 Å². The summed E-state index contributed by atoms with van der Waals surface area (Å²) in [5.41, 5.74) is 1.75. The first-order valence-electron chi connectivity index (χ1n) is 3.99. The van der Waals surface area contributed by atoms with E-state index < -0.39 is 5.97 Å². The van der Waals surface area contributed by atoms with E-state index in [1.54, 1.807) is 12.1 Å². The van der Waals surface area contributed by atoms with Crippen LogP contribution in [0.15, 0.2) is 17.0 Å². The first-order valence-corrected chi connectivity index (χ1v) is 4.44. The summed E-state index contributed by atoms with van der Waals surface area (Å²) in [6.07, 6.45) is -0.163. The van der Waals surface area contributed by atoms with Gasteiger partial charge in [-0.1, -0.05) is 6.07 Å². The fourth-order valence-electron chi connectivity index (χ4n) is 1.19. The molecule has 1 aromatic rings. The zero-order valence-electron chi connectivity index (χ0n) is 7.61. The fourth-order valence-corrected chi connectivity index (χ4v) is 1.46. The van der Waals surface area contributed by atoms with E-state index in [0.717, 1.165) is 5.56 Å². The molecule has 0 aliphatic heterocycles. The molecule has 4 heteroatoms. The van der Waals surface area contributed by atoms with E-state index in [1.165, 1.54) is 0 Å². The van der Waals surface area contributed by atoms with Gasteiger partial charge in [0.2, 0.25) is 0 Å². The Morgan fingerprint density at radius 1 is 1.64 bits per heavy atom. The number of benzene rings is 1. The van der Waals surface area contributed by atoms with E-state index in [-0.39, 0.29) is 6.42 Å². The van der Waals surface area contributed by atoms with Crippen molar-refractivity contribution in [2.24, 2.45) is 0 Å². The average molecular weight is 207 g/mol. The molecule has 1 rings (SSSR count). The third-order valence-electron chi connectivity index (χ3n) is 1.93. The lowest BCUT2D eigenvalue weighted by Crippen LogP contribution is -2.04. The van der Waals surface area contributed by atoms with Gasteiger partial charge >= 0.3 is 5.97 Å². The second-order valence-electron chi connectivity index (χ2n) is 2.94. The van der Waals surface area contributed by atoms with E-state index in [4.69, 9.17) is 10.4 Å². The molecular formula is C10H9NO2S. The molecule has 0 spiro atoms. The third-order valence-corrected chi connectivity index (χ3v) is 2.56. The summed E-state index contributed by atoms with van der Waals surface area (Å²) in [5.74, 6) is -0.956. The van der Waals surface area contributed by atoms with Gasteiger partial charge in [0.25, 0.3) is 0 Å². The van der Waals surface area contributed by atoms with Gasteiger partial charge in [0.05, 0.1) is 18.1 Å². The summed E-state index contributed by atoms with van der Waals surface area (Å²) in [7, 11) is 0. The van der Waals surface area contributed by atoms with Crippen molar-refractivity contribution in [3.8, 4) is 6.07 Å². The Morgan fingerprint density at radius 3 is 2.79 bits per heavy atom. The highest BCUT2D eigenvalue weighted by atomic mass is 32.1. The van der Waals surface area contributed by atoms with Crippen LogP contribution in [0.3, 0.4) is 0 Å². The van der Waals surface area contributed by atoms with E-state index in [0.29, 0.717) is 16.0 Å². The summed E-state index contributed by atoms with van der Waals surface area (Å²) in [5, 5.41) is 17.4. The molecule has 0 aliphatic rings. The Balaban J connectivity index is 3.29. The highest BCUT2D eigenvalue weighted by molar-refractivity contribution is 7.80. The zero-order valence-corrected chi connectivity index (χ0v) is 8.51. The molecule has 1 aromatic carbocycles. The van der Waals surface area contributed by atoms with Gasteiger partial charge in [-0.3, -0.25) is 4.79 Å². The number of aryl methyl sites for hydroxylation is 1. The normalized spacial score (nSPS) is 9.50. The molecule has 0 radical (unpaired) electrons. The van der Waals surface area contributed by atoms with E-state index in [1.807, 2.05) is 13.0 Å². The van der Waals surface area contributed by atoms with Crippen LogP contribution in [0.4, 0.5) is 0 Å². The number of hydrogen-bond acceptors (Lipinski definition) is 3. The number of thiol groups is 1. The molecular weight excluding hydrogens is 198 g/mol. The van der Waals surface area contributed by atoms with Gasteiger partial charge in [-0.2, -0.15) is 5.26 Å². The lowest BCUT2D eigenvalue weighted by Gasteiger charge is -2.07. The predicted molar refractivity (Wildman–Crippen MR) is 54.5 cm³/mol. The largest absolute Gasteiger partial charge is 0.481 e. The molecule has 0 aliphatic carbocycles. The van der Waals surface area contributed by atoms with Crippen molar-refractivity contribution in [3.63, 3.8) is 0 Å². The van der Waals surface area contributed by atoms with Crippen molar-refractivity contribution in [2.45, 2.75) is 18.2 Å². The number of aliphatic carboxylic acids is 1. The number of nitriles is 1. The maximum atomic E-state index is 10.6. The molecule has 0 bridgehead atoms. The molecule has 0 aromatic heterocycles. The predicted octanol–water partition coefficient (Wildman–Crippen LogP) is 1.78. The van der Waals surface area contributed by atoms with Gasteiger partial charge in [0.15, 0.2) is 0 Å². The molecule has 72 valence electrons. The number of carboxylic acid groups (broad SMARTS) is 1. The first-order chi connectivity index (χ1) is 6.56. The van der Waals surface area contributed by atoms with Crippen molar-refractivity contribution in [1.29, 1.82) is 5.26 Å². The van der Waals surface area contributed by atoms with Crippen molar-refractivity contribution < 1.29 is 9.90 Å². The Morgan fingerprint density at radius 2 is 2.29 bits per heavy atom. The summed E-state index contributed by atoms with van der Waals surface area (Å²) in [6.45, 7) is 1.83. The second kappa shape index (κ2) is 4.16. The molecule has 0 saturated heterocycles. The van der Waals surface area contributed by atoms with Crippen LogP contribution < -0.4 is 0 Å². The van der Waals surface area contributed by atoms with Crippen molar-refractivity contribution in [3.05, 3.63) is 28.8 Å². The molecule has 0 amide bonds. The lowest BCUT2D eigenvalue weighted by atomic mass is 10.0. The van der Waals surface area contributed by atoms with Gasteiger partial charge in [-0.15, -0.1) is 12.6 Å². The minimum atomic E-state index is -0.956. The summed E-state index contributed by atoms with van der Waals surface area (Å²) < 4.78 is 0. The van der Waals surface area contributed by atoms with Crippen LogP contribution in [0.25, 0.3) is 0 Å². The van der Waals surface area contributed by atoms with Crippen LogP contribution >= 0.6 is 12.6 Å². The second-order valence-corrected chi connectivity index (χ2v) is 3.39. The Kier molecular flexibility index (Phi) is 3.15. The third kappa shape index (κ3) is 2.06. The van der Waals surface area contributed by atoms with E-state index >= 15 is 0 Å². The number of nitrogens with zero attached hydrogens (tertiary/aromatic N) is 1. The highest BCUT2D eigenvalue weighted by Crippen LogP contribution is 2.22. The van der Waals surface area contributed by atoms with E-state index in [9.17, 15) is 4.79 Å². The van der Waals surface area contributed by atoms with Gasteiger partial charge in [0, 0.05) is 4.90 Å². The van der Waals surface area contributed by atoms with Crippen LogP contribution in [0, 0.1) is 18.3 Å². The smallest absolute Gasteiger partial charge is 0.307 e. The summed E-state index contributed by atoms with van der Waals surface area (Å²) >= 11 is 4.20. The minimum Gasteiger partial charge on any atom is -0.481 e. The van der Waals surface area contributed by atoms with Crippen LogP contribution in [0.5, 0.6) is 0 Å². The lowest BCUT2D eigenvalue weighted by molar-refractivity contribution is -0.136. The first kappa shape index (κ1) is 10.6. The number of carboxylic acids is 1. The van der Waals surface area contributed by atoms with Crippen LogP contribution in [-0.4, -0.2) is 11.1 Å². The molecule has 0 saturated carbocycles. The molecule has 0 atom stereocenters. The van der Waals surface area contributed by atoms with Crippen LogP contribution in [-0.2, 0) is 11.2 Å². The van der Waals surface area contributed by atoms with Crippen molar-refractivity contribution in [1.82, 2.24) is 0 Å². The topological polar surface area (TPSA) is 61.1 Å². The Bertz CT molecular complexity index is 421. The van der Waals surface area contributed by atoms with Gasteiger partial charge in [0.1, 0.15) is 0 Å². The minimum absolute atomic E-state index is 0.163. The Hall–Kier alpha value is -1.47. The van der Waals surface area contributed by atoms with Gasteiger partial charge in [-0.05, 0) is 24.1 Å². The molecule has 0 fully saturated rings. The molecule has 3 nitrogen and oxygen atoms in total. The van der Waals surface area contributed by atoms with Crippen LogP contribution in [0.2, 0.25) is 0 Å². The number of carbonyl (C=O) groups is 1. The van der Waals surface area contributed by atoms with Crippen molar-refractivity contribution >= 4 is 18.6 Å². The number of rotatable bonds is 2. The standard InChI is InChI=1S/C10H9NO2S/c1-6-2-3-7(5-11)8(10(6)14)4-9(12)13/h2-3,14H,4H2,1H3,(H,12,13). The molecule has 0 heterocycles. The summed E-state index contributed by atoms with van der Waals surface area (Å²) in [6, 6.07) is 5.33.